The summed E-state index contributed by atoms with van der Waals surface area (Å²) in [5.41, 5.74) is 1.15. The average Bonchev–Trinajstić information content (AvgIpc) is 3.48. The Hall–Kier alpha value is -2.27. The Labute approximate surface area is 179 Å². The monoisotopic (exact) mass is 410 g/mol. The molecule has 1 aliphatic heterocycles. The third-order valence-corrected chi connectivity index (χ3v) is 6.34. The van der Waals surface area contributed by atoms with Crippen molar-refractivity contribution < 1.29 is 13.9 Å². The highest BCUT2D eigenvalue weighted by Crippen LogP contribution is 2.26. The molecule has 1 N–H and O–H groups in total. The number of amides is 1. The van der Waals surface area contributed by atoms with Gasteiger partial charge >= 0.3 is 0 Å². The Morgan fingerprint density at radius 2 is 1.93 bits per heavy atom. The molecule has 1 atom stereocenters. The number of piperidine rings is 1. The van der Waals surface area contributed by atoms with Gasteiger partial charge in [-0.05, 0) is 87.9 Å². The van der Waals surface area contributed by atoms with Gasteiger partial charge in [0, 0.05) is 13.0 Å². The van der Waals surface area contributed by atoms with Crippen LogP contribution in [-0.4, -0.2) is 36.5 Å². The predicted molar refractivity (Wildman–Crippen MR) is 118 cm³/mol. The summed E-state index contributed by atoms with van der Waals surface area (Å²) < 4.78 is 11.8. The second kappa shape index (κ2) is 10.7. The Kier molecular flexibility index (Phi) is 7.46. The molecule has 30 heavy (non-hydrogen) atoms. The maximum absolute atomic E-state index is 12.5. The predicted octanol–water partition coefficient (Wildman–Crippen LogP) is 4.88. The van der Waals surface area contributed by atoms with E-state index < -0.39 is 0 Å². The van der Waals surface area contributed by atoms with Gasteiger partial charge in [0.1, 0.15) is 11.5 Å². The molecule has 1 aromatic carbocycles. The summed E-state index contributed by atoms with van der Waals surface area (Å²) >= 11 is 0. The number of hydrogen-bond donors (Lipinski definition) is 1. The molecule has 1 unspecified atom stereocenters. The van der Waals surface area contributed by atoms with E-state index in [1.165, 1.54) is 32.1 Å². The quantitative estimate of drug-likeness (QED) is 0.640. The number of furan rings is 1. The number of aryl methyl sites for hydroxylation is 1. The Bertz CT molecular complexity index is 777. The average molecular weight is 411 g/mol. The van der Waals surface area contributed by atoms with Crippen molar-refractivity contribution in [2.24, 2.45) is 0 Å². The summed E-state index contributed by atoms with van der Waals surface area (Å²) in [5, 5.41) is 3.14. The standard InChI is InChI=1S/C25H34N2O3/c28-25(14-13-20-8-6-11-22(18-20)30-21-9-2-3-10-21)26-19-23(24-12-7-17-29-24)27-15-4-1-5-16-27/h6-8,11-12,17-18,21,23H,1-5,9-10,13-16,19H2,(H,26,28). The first kappa shape index (κ1) is 21.0. The van der Waals surface area contributed by atoms with Gasteiger partial charge in [0.2, 0.25) is 5.91 Å². The fourth-order valence-electron chi connectivity index (χ4n) is 4.65. The van der Waals surface area contributed by atoms with Crippen LogP contribution in [0.5, 0.6) is 5.75 Å². The van der Waals surface area contributed by atoms with Gasteiger partial charge < -0.3 is 14.5 Å². The van der Waals surface area contributed by atoms with E-state index in [1.807, 2.05) is 24.3 Å². The first-order valence-corrected chi connectivity index (χ1v) is 11.6. The van der Waals surface area contributed by atoms with Crippen molar-refractivity contribution in [3.05, 3.63) is 54.0 Å². The second-order valence-corrected chi connectivity index (χ2v) is 8.60. The number of nitrogens with one attached hydrogen (secondary N) is 1. The number of nitrogens with zero attached hydrogens (tertiary/aromatic N) is 1. The van der Waals surface area contributed by atoms with Gasteiger partial charge in [-0.1, -0.05) is 18.6 Å². The van der Waals surface area contributed by atoms with Gasteiger partial charge in [0.05, 0.1) is 18.4 Å². The number of benzene rings is 1. The van der Waals surface area contributed by atoms with E-state index in [0.717, 1.165) is 49.4 Å². The molecule has 2 heterocycles. The molecule has 1 saturated carbocycles. The lowest BCUT2D eigenvalue weighted by atomic mass is 10.1. The van der Waals surface area contributed by atoms with Crippen LogP contribution in [0.2, 0.25) is 0 Å². The Morgan fingerprint density at radius 3 is 2.70 bits per heavy atom. The van der Waals surface area contributed by atoms with E-state index in [0.29, 0.717) is 19.1 Å². The molecule has 1 aliphatic carbocycles. The van der Waals surface area contributed by atoms with Gasteiger partial charge in [-0.25, -0.2) is 0 Å². The van der Waals surface area contributed by atoms with Crippen LogP contribution in [0.15, 0.2) is 47.1 Å². The zero-order valence-electron chi connectivity index (χ0n) is 17.9. The summed E-state index contributed by atoms with van der Waals surface area (Å²) in [4.78, 5) is 15.0. The molecule has 162 valence electrons. The molecule has 0 bridgehead atoms. The number of rotatable bonds is 9. The van der Waals surface area contributed by atoms with Crippen molar-refractivity contribution in [2.75, 3.05) is 19.6 Å². The lowest BCUT2D eigenvalue weighted by Gasteiger charge is -2.33. The van der Waals surface area contributed by atoms with Crippen molar-refractivity contribution in [3.63, 3.8) is 0 Å². The third kappa shape index (κ3) is 5.88. The molecule has 4 rings (SSSR count). The number of ether oxygens (including phenoxy) is 1. The van der Waals surface area contributed by atoms with Crippen molar-refractivity contribution in [2.45, 2.75) is 69.9 Å². The van der Waals surface area contributed by atoms with Crippen LogP contribution in [0.1, 0.15) is 68.7 Å². The molecule has 1 amide bonds. The summed E-state index contributed by atoms with van der Waals surface area (Å²) in [6, 6.07) is 12.3. The summed E-state index contributed by atoms with van der Waals surface area (Å²) in [6.07, 6.45) is 11.8. The molecular weight excluding hydrogens is 376 g/mol. The molecule has 0 radical (unpaired) electrons. The lowest BCUT2D eigenvalue weighted by Crippen LogP contribution is -2.40. The van der Waals surface area contributed by atoms with Crippen LogP contribution in [0.25, 0.3) is 0 Å². The molecular formula is C25H34N2O3. The van der Waals surface area contributed by atoms with Crippen LogP contribution in [0.4, 0.5) is 0 Å². The summed E-state index contributed by atoms with van der Waals surface area (Å²) in [5.74, 6) is 1.96. The van der Waals surface area contributed by atoms with E-state index in [9.17, 15) is 4.79 Å². The van der Waals surface area contributed by atoms with E-state index in [1.54, 1.807) is 6.26 Å². The van der Waals surface area contributed by atoms with Crippen LogP contribution >= 0.6 is 0 Å². The van der Waals surface area contributed by atoms with Crippen LogP contribution in [-0.2, 0) is 11.2 Å². The fourth-order valence-corrected chi connectivity index (χ4v) is 4.65. The van der Waals surface area contributed by atoms with Gasteiger partial charge in [-0.3, -0.25) is 9.69 Å². The fraction of sp³-hybridized carbons (Fsp3) is 0.560. The number of hydrogen-bond acceptors (Lipinski definition) is 4. The molecule has 2 aromatic rings. The maximum atomic E-state index is 12.5. The van der Waals surface area contributed by atoms with Gasteiger partial charge in [0.25, 0.3) is 0 Å². The summed E-state index contributed by atoms with van der Waals surface area (Å²) in [6.45, 7) is 2.72. The first-order chi connectivity index (χ1) is 14.8. The first-order valence-electron chi connectivity index (χ1n) is 11.6. The van der Waals surface area contributed by atoms with Crippen LogP contribution < -0.4 is 10.1 Å². The SMILES string of the molecule is O=C(CCc1cccc(OC2CCCC2)c1)NCC(c1ccco1)N1CCCCC1. The van der Waals surface area contributed by atoms with Crippen LogP contribution in [0, 0.1) is 0 Å². The molecule has 5 heteroatoms. The van der Waals surface area contributed by atoms with E-state index in [2.05, 4.69) is 22.3 Å². The highest BCUT2D eigenvalue weighted by Gasteiger charge is 2.24. The number of carbonyl (C=O) groups is 1. The molecule has 5 nitrogen and oxygen atoms in total. The molecule has 2 fully saturated rings. The van der Waals surface area contributed by atoms with E-state index in [-0.39, 0.29) is 11.9 Å². The van der Waals surface area contributed by atoms with Crippen molar-refractivity contribution in [3.8, 4) is 5.75 Å². The van der Waals surface area contributed by atoms with E-state index >= 15 is 0 Å². The smallest absolute Gasteiger partial charge is 0.220 e. The lowest BCUT2D eigenvalue weighted by molar-refractivity contribution is -0.121. The van der Waals surface area contributed by atoms with Crippen molar-refractivity contribution in [1.29, 1.82) is 0 Å². The Morgan fingerprint density at radius 1 is 1.10 bits per heavy atom. The van der Waals surface area contributed by atoms with Crippen molar-refractivity contribution >= 4 is 5.91 Å². The zero-order valence-corrected chi connectivity index (χ0v) is 17.9. The van der Waals surface area contributed by atoms with E-state index in [4.69, 9.17) is 9.15 Å². The van der Waals surface area contributed by atoms with Gasteiger partial charge in [-0.15, -0.1) is 0 Å². The molecule has 1 saturated heterocycles. The minimum absolute atomic E-state index is 0.0886. The number of carbonyl (C=O) groups excluding carboxylic acids is 1. The minimum Gasteiger partial charge on any atom is -0.490 e. The van der Waals surface area contributed by atoms with Gasteiger partial charge in [-0.2, -0.15) is 0 Å². The largest absolute Gasteiger partial charge is 0.490 e. The highest BCUT2D eigenvalue weighted by molar-refractivity contribution is 5.76. The molecule has 1 aromatic heterocycles. The Balaban J connectivity index is 1.26. The maximum Gasteiger partial charge on any atom is 0.220 e. The van der Waals surface area contributed by atoms with Crippen molar-refractivity contribution in [1.82, 2.24) is 10.2 Å². The third-order valence-electron chi connectivity index (χ3n) is 6.34. The topological polar surface area (TPSA) is 54.7 Å². The number of likely N-dealkylation sites (tertiary alicyclic amines) is 1. The highest BCUT2D eigenvalue weighted by atomic mass is 16.5. The minimum atomic E-state index is 0.0886. The summed E-state index contributed by atoms with van der Waals surface area (Å²) in [7, 11) is 0. The normalized spacial score (nSPS) is 18.9. The molecule has 0 spiro atoms. The zero-order chi connectivity index (χ0) is 20.6. The molecule has 2 aliphatic rings. The van der Waals surface area contributed by atoms with Gasteiger partial charge in [0.15, 0.2) is 0 Å². The van der Waals surface area contributed by atoms with Crippen LogP contribution in [0.3, 0.4) is 0 Å². The second-order valence-electron chi connectivity index (χ2n) is 8.60.